The molecule has 2 heterocycles. The molecule has 0 aromatic carbocycles. The summed E-state index contributed by atoms with van der Waals surface area (Å²) in [4.78, 5) is 18.4. The fraction of sp³-hybridized carbons (Fsp3) is 0.0833. The van der Waals surface area contributed by atoms with E-state index in [0.29, 0.717) is 11.8 Å². The number of aromatic nitrogens is 2. The van der Waals surface area contributed by atoms with Crippen molar-refractivity contribution in [1.82, 2.24) is 9.97 Å². The number of alkyl halides is 3. The summed E-state index contributed by atoms with van der Waals surface area (Å²) in [7, 11) is 0. The lowest BCUT2D eigenvalue weighted by Gasteiger charge is -2.11. The number of carbonyl (C=O) groups is 1. The molecule has 1 N–H and O–H groups in total. The van der Waals surface area contributed by atoms with E-state index in [-0.39, 0.29) is 20.1 Å². The van der Waals surface area contributed by atoms with Crippen LogP contribution in [0.1, 0.15) is 15.9 Å². The molecular formula is C12H6BrF3N2O2S. The molecule has 2 aromatic rings. The molecule has 2 aromatic heterocycles. The Hall–Kier alpha value is -1.61. The fourth-order valence-corrected chi connectivity index (χ4v) is 2.63. The molecule has 0 radical (unpaired) electrons. The van der Waals surface area contributed by atoms with E-state index in [2.05, 4.69) is 25.9 Å². The molecule has 0 unspecified atom stereocenters. The third-order valence-electron chi connectivity index (χ3n) is 2.31. The molecule has 9 heteroatoms. The summed E-state index contributed by atoms with van der Waals surface area (Å²) in [5.41, 5.74) is -0.970. The lowest BCUT2D eigenvalue weighted by atomic mass is 10.3. The molecule has 2 rings (SSSR count). The van der Waals surface area contributed by atoms with E-state index in [0.717, 1.165) is 6.07 Å². The van der Waals surface area contributed by atoms with Crippen LogP contribution in [0.2, 0.25) is 0 Å². The van der Waals surface area contributed by atoms with Crippen LogP contribution in [-0.2, 0) is 6.18 Å². The Balaban J connectivity index is 2.40. The van der Waals surface area contributed by atoms with Crippen LogP contribution in [-0.4, -0.2) is 21.0 Å². The number of aromatic carboxylic acids is 1. The van der Waals surface area contributed by atoms with Crippen molar-refractivity contribution in [3.8, 4) is 0 Å². The largest absolute Gasteiger partial charge is 0.478 e. The zero-order valence-corrected chi connectivity index (χ0v) is 12.5. The first-order valence-electron chi connectivity index (χ1n) is 5.37. The van der Waals surface area contributed by atoms with E-state index in [1.165, 1.54) is 24.5 Å². The molecule has 0 spiro atoms. The summed E-state index contributed by atoms with van der Waals surface area (Å²) in [6.07, 6.45) is -2.11. The molecule has 0 fully saturated rings. The predicted molar refractivity (Wildman–Crippen MR) is 72.3 cm³/mol. The monoisotopic (exact) mass is 378 g/mol. The standard InChI is InChI=1S/C12H6BrF3N2O2S/c13-7-4-8(12(14,15)16)10(18-5-7)21-9-3-6(11(19)20)1-2-17-9/h1-5H,(H,19,20). The summed E-state index contributed by atoms with van der Waals surface area (Å²) in [6.45, 7) is 0. The van der Waals surface area contributed by atoms with Crippen LogP contribution in [0.25, 0.3) is 0 Å². The number of carboxylic acid groups (broad SMARTS) is 1. The number of hydrogen-bond acceptors (Lipinski definition) is 4. The van der Waals surface area contributed by atoms with Crippen molar-refractivity contribution >= 4 is 33.7 Å². The zero-order valence-electron chi connectivity index (χ0n) is 10.1. The van der Waals surface area contributed by atoms with E-state index < -0.39 is 17.7 Å². The van der Waals surface area contributed by atoms with Gasteiger partial charge in [-0.25, -0.2) is 14.8 Å². The maximum absolute atomic E-state index is 12.9. The van der Waals surface area contributed by atoms with Crippen LogP contribution in [0.3, 0.4) is 0 Å². The van der Waals surface area contributed by atoms with Gasteiger partial charge in [-0.1, -0.05) is 0 Å². The third-order valence-corrected chi connectivity index (χ3v) is 3.69. The van der Waals surface area contributed by atoms with Gasteiger partial charge in [0.15, 0.2) is 0 Å². The first-order valence-corrected chi connectivity index (χ1v) is 6.98. The molecule has 110 valence electrons. The predicted octanol–water partition coefficient (Wildman–Crippen LogP) is 4.11. The Bertz CT molecular complexity index is 694. The van der Waals surface area contributed by atoms with Gasteiger partial charge in [0, 0.05) is 16.9 Å². The first-order chi connectivity index (χ1) is 9.77. The highest BCUT2D eigenvalue weighted by atomic mass is 79.9. The lowest BCUT2D eigenvalue weighted by Crippen LogP contribution is -2.08. The second kappa shape index (κ2) is 6.02. The van der Waals surface area contributed by atoms with Crippen molar-refractivity contribution in [2.24, 2.45) is 0 Å². The van der Waals surface area contributed by atoms with Gasteiger partial charge in [0.25, 0.3) is 0 Å². The molecule has 0 saturated carbocycles. The minimum absolute atomic E-state index is 0.0572. The molecule has 0 saturated heterocycles. The normalized spacial score (nSPS) is 11.4. The maximum Gasteiger partial charge on any atom is 0.419 e. The van der Waals surface area contributed by atoms with Crippen LogP contribution in [0.15, 0.2) is 45.1 Å². The van der Waals surface area contributed by atoms with Crippen molar-refractivity contribution in [2.45, 2.75) is 16.2 Å². The van der Waals surface area contributed by atoms with Crippen molar-refractivity contribution < 1.29 is 23.1 Å². The second-order valence-corrected chi connectivity index (χ2v) is 5.72. The van der Waals surface area contributed by atoms with Gasteiger partial charge < -0.3 is 5.11 Å². The summed E-state index contributed by atoms with van der Waals surface area (Å²) >= 11 is 3.59. The number of halogens is 4. The van der Waals surface area contributed by atoms with Gasteiger partial charge in [-0.15, -0.1) is 0 Å². The second-order valence-electron chi connectivity index (χ2n) is 3.79. The van der Waals surface area contributed by atoms with Gasteiger partial charge in [0.05, 0.1) is 11.1 Å². The lowest BCUT2D eigenvalue weighted by molar-refractivity contribution is -0.140. The van der Waals surface area contributed by atoms with Crippen LogP contribution < -0.4 is 0 Å². The Kier molecular flexibility index (Phi) is 4.52. The fourth-order valence-electron chi connectivity index (χ4n) is 1.41. The molecule has 21 heavy (non-hydrogen) atoms. The molecule has 0 amide bonds. The number of nitrogens with zero attached hydrogens (tertiary/aromatic N) is 2. The van der Waals surface area contributed by atoms with Crippen LogP contribution in [0.5, 0.6) is 0 Å². The molecule has 0 aliphatic heterocycles. The molecular weight excluding hydrogens is 373 g/mol. The van der Waals surface area contributed by atoms with E-state index in [4.69, 9.17) is 5.11 Å². The number of pyridine rings is 2. The topological polar surface area (TPSA) is 63.1 Å². The van der Waals surface area contributed by atoms with Gasteiger partial charge in [-0.3, -0.25) is 0 Å². The summed E-state index contributed by atoms with van der Waals surface area (Å²) < 4.78 is 39.1. The van der Waals surface area contributed by atoms with Crippen LogP contribution in [0, 0.1) is 0 Å². The minimum atomic E-state index is -4.57. The summed E-state index contributed by atoms with van der Waals surface area (Å²) in [5, 5.41) is 8.69. The Morgan fingerprint density at radius 2 is 2.00 bits per heavy atom. The zero-order chi connectivity index (χ0) is 15.6. The average molecular weight is 379 g/mol. The van der Waals surface area contributed by atoms with Gasteiger partial charge in [-0.2, -0.15) is 13.2 Å². The highest BCUT2D eigenvalue weighted by Crippen LogP contribution is 2.38. The smallest absolute Gasteiger partial charge is 0.419 e. The quantitative estimate of drug-likeness (QED) is 0.870. The molecule has 0 aliphatic rings. The highest BCUT2D eigenvalue weighted by molar-refractivity contribution is 9.10. The number of rotatable bonds is 3. The highest BCUT2D eigenvalue weighted by Gasteiger charge is 2.35. The summed E-state index contributed by atoms with van der Waals surface area (Å²) in [5.74, 6) is -1.18. The third kappa shape index (κ3) is 3.94. The number of hydrogen-bond donors (Lipinski definition) is 1. The van der Waals surface area contributed by atoms with E-state index >= 15 is 0 Å². The van der Waals surface area contributed by atoms with Gasteiger partial charge >= 0.3 is 12.1 Å². The number of carboxylic acids is 1. The molecule has 0 bridgehead atoms. The van der Waals surface area contributed by atoms with Gasteiger partial charge in [0.2, 0.25) is 0 Å². The van der Waals surface area contributed by atoms with E-state index in [9.17, 15) is 18.0 Å². The average Bonchev–Trinajstić information content (AvgIpc) is 2.40. The summed E-state index contributed by atoms with van der Waals surface area (Å²) in [6, 6.07) is 3.36. The van der Waals surface area contributed by atoms with Crippen LogP contribution >= 0.6 is 27.7 Å². The van der Waals surface area contributed by atoms with Gasteiger partial charge in [0.1, 0.15) is 10.1 Å². The first kappa shape index (κ1) is 15.8. The Labute approximate surface area is 129 Å². The molecule has 4 nitrogen and oxygen atoms in total. The van der Waals surface area contributed by atoms with Crippen molar-refractivity contribution in [1.29, 1.82) is 0 Å². The van der Waals surface area contributed by atoms with Crippen LogP contribution in [0.4, 0.5) is 13.2 Å². The Morgan fingerprint density at radius 1 is 1.29 bits per heavy atom. The molecule has 0 atom stereocenters. The van der Waals surface area contributed by atoms with Crippen molar-refractivity contribution in [2.75, 3.05) is 0 Å². The van der Waals surface area contributed by atoms with Gasteiger partial charge in [-0.05, 0) is 45.9 Å². The Morgan fingerprint density at radius 3 is 2.62 bits per heavy atom. The molecule has 0 aliphatic carbocycles. The SMILES string of the molecule is O=C(O)c1ccnc(Sc2ncc(Br)cc2C(F)(F)F)c1. The minimum Gasteiger partial charge on any atom is -0.478 e. The van der Waals surface area contributed by atoms with E-state index in [1.807, 2.05) is 0 Å². The maximum atomic E-state index is 12.9. The van der Waals surface area contributed by atoms with Crippen molar-refractivity contribution in [3.05, 3.63) is 46.2 Å². The van der Waals surface area contributed by atoms with E-state index in [1.54, 1.807) is 0 Å². The van der Waals surface area contributed by atoms with Crippen molar-refractivity contribution in [3.63, 3.8) is 0 Å².